The van der Waals surface area contributed by atoms with E-state index in [0.717, 1.165) is 24.0 Å². The van der Waals surface area contributed by atoms with E-state index in [0.29, 0.717) is 41.4 Å². The summed E-state index contributed by atoms with van der Waals surface area (Å²) >= 11 is 0. The Balaban J connectivity index is 0.00000484. The van der Waals surface area contributed by atoms with Gasteiger partial charge in [-0.25, -0.2) is 9.78 Å². The van der Waals surface area contributed by atoms with E-state index in [2.05, 4.69) is 51.1 Å². The van der Waals surface area contributed by atoms with Gasteiger partial charge in [0.15, 0.2) is 5.65 Å². The molecule has 0 saturated heterocycles. The third kappa shape index (κ3) is 7.53. The zero-order valence-electron chi connectivity index (χ0n) is 26.1. The van der Waals surface area contributed by atoms with Gasteiger partial charge in [-0.2, -0.15) is 0 Å². The molecule has 0 unspecified atom stereocenters. The van der Waals surface area contributed by atoms with E-state index in [1.807, 2.05) is 48.5 Å². The van der Waals surface area contributed by atoms with Crippen molar-refractivity contribution in [3.8, 4) is 5.75 Å². The first-order valence-electron chi connectivity index (χ1n) is 14.2. The van der Waals surface area contributed by atoms with Crippen molar-refractivity contribution in [1.29, 1.82) is 0 Å². The number of nitrogens with zero attached hydrogens (tertiary/aromatic N) is 3. The number of carbonyl (C=O) groups excluding carboxylic acids is 1. The number of benzene rings is 2. The van der Waals surface area contributed by atoms with Gasteiger partial charge >= 0.3 is 5.69 Å². The molecule has 2 N–H and O–H groups in total. The number of hydrogen-bond acceptors (Lipinski definition) is 5. The second kappa shape index (κ2) is 13.6. The first-order chi connectivity index (χ1) is 19.3. The monoisotopic (exact) mass is 598 g/mol. The minimum absolute atomic E-state index is 0. The van der Waals surface area contributed by atoms with Gasteiger partial charge in [-0.05, 0) is 48.3 Å². The van der Waals surface area contributed by atoms with Crippen molar-refractivity contribution in [3.63, 3.8) is 0 Å². The van der Waals surface area contributed by atoms with E-state index in [-0.39, 0.29) is 52.7 Å². The van der Waals surface area contributed by atoms with Gasteiger partial charge in [0.2, 0.25) is 14.2 Å². The number of unbranched alkanes of at least 4 members (excludes halogenated alkanes) is 1. The number of aryl methyl sites for hydroxylation is 1. The molecule has 0 fully saturated rings. The maximum atomic E-state index is 13.8. The third-order valence-electron chi connectivity index (χ3n) is 7.76. The number of amides is 1. The summed E-state index contributed by atoms with van der Waals surface area (Å²) in [4.78, 5) is 46.8. The van der Waals surface area contributed by atoms with Crippen LogP contribution in [-0.4, -0.2) is 62.9 Å². The second-order valence-corrected chi connectivity index (χ2v) is 16.8. The minimum Gasteiger partial charge on any atom is -0.543 e. The first-order valence-corrected chi connectivity index (χ1v) is 17.1. The predicted molar refractivity (Wildman–Crippen MR) is 172 cm³/mol. The summed E-state index contributed by atoms with van der Waals surface area (Å²) in [6.45, 7) is 15.0. The molecule has 0 spiro atoms. The molecule has 42 heavy (non-hydrogen) atoms. The third-order valence-corrected chi connectivity index (χ3v) is 12.1. The molecule has 9 nitrogen and oxygen atoms in total. The maximum Gasteiger partial charge on any atom is 0.333 e. The molecule has 0 aliphatic rings. The van der Waals surface area contributed by atoms with E-state index in [1.54, 1.807) is 4.57 Å². The Hall–Kier alpha value is -2.92. The summed E-state index contributed by atoms with van der Waals surface area (Å²) < 4.78 is 9.50. The number of carbonyl (C=O) groups is 1. The molecule has 11 heteroatoms. The van der Waals surface area contributed by atoms with Gasteiger partial charge in [0.25, 0.3) is 5.56 Å². The van der Waals surface area contributed by atoms with E-state index in [1.165, 1.54) is 11.5 Å². The smallest absolute Gasteiger partial charge is 0.333 e. The molecular formula is C31H41N5NaO4Si. The van der Waals surface area contributed by atoms with Gasteiger partial charge in [0, 0.05) is 60.7 Å². The van der Waals surface area contributed by atoms with Crippen LogP contribution in [-0.2, 0) is 24.3 Å². The maximum absolute atomic E-state index is 13.8. The van der Waals surface area contributed by atoms with Gasteiger partial charge in [0.1, 0.15) is 17.1 Å². The van der Waals surface area contributed by atoms with Crippen LogP contribution in [0.25, 0.3) is 11.2 Å². The van der Waals surface area contributed by atoms with Crippen molar-refractivity contribution < 1.29 is 9.22 Å². The summed E-state index contributed by atoms with van der Waals surface area (Å²) in [6, 6.07) is 15.1. The fourth-order valence-electron chi connectivity index (χ4n) is 4.39. The number of fused-ring (bicyclic) bond motifs is 1. The van der Waals surface area contributed by atoms with E-state index >= 15 is 0 Å². The predicted octanol–water partition coefficient (Wildman–Crippen LogP) is 5.29. The van der Waals surface area contributed by atoms with Crippen LogP contribution in [0, 0.1) is 0 Å². The van der Waals surface area contributed by atoms with Crippen molar-refractivity contribution in [2.45, 2.75) is 85.1 Å². The van der Waals surface area contributed by atoms with Crippen molar-refractivity contribution in [2.75, 3.05) is 5.32 Å². The number of aromatic nitrogens is 4. The number of para-hydroxylation sites is 1. The summed E-state index contributed by atoms with van der Waals surface area (Å²) in [5, 5.41) is 2.76. The Kier molecular flexibility index (Phi) is 10.9. The molecule has 1 amide bonds. The van der Waals surface area contributed by atoms with Crippen LogP contribution in [0.4, 0.5) is 5.69 Å². The molecule has 2 heterocycles. The van der Waals surface area contributed by atoms with Gasteiger partial charge < -0.3 is 14.7 Å². The number of anilines is 1. The van der Waals surface area contributed by atoms with Crippen molar-refractivity contribution >= 4 is 60.6 Å². The number of hydrogen-bond donors (Lipinski definition) is 2. The molecule has 219 valence electrons. The molecule has 4 rings (SSSR count). The number of imidazole rings is 1. The van der Waals surface area contributed by atoms with Crippen LogP contribution in [0.3, 0.4) is 0 Å². The Morgan fingerprint density at radius 3 is 2.33 bits per heavy atom. The number of H-pyrrole nitrogens is 1. The van der Waals surface area contributed by atoms with Crippen LogP contribution in [0.15, 0.2) is 58.1 Å². The SMILES string of the molecule is CCCCn1c(=O)n(Cc2ccccc2O[Si](C)(C)C(C)(C)C)c(=O)c2[nH]c(Cc3ccc(NC(C)=O)cc3)nc21.[Na]. The number of nitrogens with one attached hydrogen (secondary N) is 2. The fourth-order valence-corrected chi connectivity index (χ4v) is 5.45. The fraction of sp³-hybridized carbons (Fsp3) is 0.419. The normalized spacial score (nSPS) is 11.8. The van der Waals surface area contributed by atoms with Crippen LogP contribution < -0.4 is 21.0 Å². The van der Waals surface area contributed by atoms with Crippen LogP contribution >= 0.6 is 0 Å². The van der Waals surface area contributed by atoms with Crippen molar-refractivity contribution in [1.82, 2.24) is 19.1 Å². The van der Waals surface area contributed by atoms with Gasteiger partial charge in [0.05, 0.1) is 6.54 Å². The summed E-state index contributed by atoms with van der Waals surface area (Å²) in [7, 11) is -2.15. The van der Waals surface area contributed by atoms with Gasteiger partial charge in [-0.3, -0.25) is 18.7 Å². The van der Waals surface area contributed by atoms with Gasteiger partial charge in [-0.1, -0.05) is 64.4 Å². The van der Waals surface area contributed by atoms with Gasteiger partial charge in [-0.15, -0.1) is 0 Å². The average molecular weight is 599 g/mol. The molecule has 1 radical (unpaired) electrons. The molecule has 0 saturated carbocycles. The summed E-state index contributed by atoms with van der Waals surface area (Å²) in [5.74, 6) is 1.16. The first kappa shape index (κ1) is 33.6. The second-order valence-electron chi connectivity index (χ2n) is 12.1. The molecule has 0 aliphatic carbocycles. The average Bonchev–Trinajstić information content (AvgIpc) is 3.31. The van der Waals surface area contributed by atoms with Crippen molar-refractivity contribution in [3.05, 3.63) is 86.3 Å². The number of rotatable bonds is 10. The van der Waals surface area contributed by atoms with Crippen LogP contribution in [0.1, 0.15) is 64.4 Å². The standard InChI is InChI=1S/C31H41N5O4Si.Na/c1-8-9-18-35-28-27(33-26(34-28)19-22-14-16-24(17-15-22)32-21(2)37)29(38)36(30(35)39)20-23-12-10-11-13-25(23)40-41(6,7)31(3,4)5;/h10-17H,8-9,18-20H2,1-7H3,(H,32,37)(H,33,34);. The Labute approximate surface area is 270 Å². The van der Waals surface area contributed by atoms with E-state index in [9.17, 15) is 14.4 Å². The molecule has 0 aliphatic heterocycles. The summed E-state index contributed by atoms with van der Waals surface area (Å²) in [6.07, 6.45) is 2.12. The molecule has 0 bridgehead atoms. The molecule has 4 aromatic rings. The van der Waals surface area contributed by atoms with Crippen LogP contribution in [0.5, 0.6) is 5.75 Å². The van der Waals surface area contributed by atoms with E-state index in [4.69, 9.17) is 9.41 Å². The van der Waals surface area contributed by atoms with E-state index < -0.39 is 13.9 Å². The molecule has 0 atom stereocenters. The Morgan fingerprint density at radius 1 is 1.05 bits per heavy atom. The Bertz CT molecular complexity index is 1670. The largest absolute Gasteiger partial charge is 0.543 e. The Morgan fingerprint density at radius 2 is 1.71 bits per heavy atom. The van der Waals surface area contributed by atoms with Crippen LogP contribution in [0.2, 0.25) is 18.1 Å². The molecule has 2 aromatic carbocycles. The quantitative estimate of drug-likeness (QED) is 0.241. The number of aromatic amines is 1. The minimum atomic E-state index is -2.15. The van der Waals surface area contributed by atoms with Crippen molar-refractivity contribution in [2.24, 2.45) is 0 Å². The summed E-state index contributed by atoms with van der Waals surface area (Å²) in [5.41, 5.74) is 2.36. The zero-order chi connectivity index (χ0) is 29.9. The zero-order valence-corrected chi connectivity index (χ0v) is 29.1. The molecular weight excluding hydrogens is 557 g/mol. The topological polar surface area (TPSA) is 111 Å². The molecule has 2 aromatic heterocycles.